The fourth-order valence-electron chi connectivity index (χ4n) is 2.45. The Balaban J connectivity index is 1.84. The van der Waals surface area contributed by atoms with Gasteiger partial charge in [-0.15, -0.1) is 0 Å². The lowest BCUT2D eigenvalue weighted by molar-refractivity contribution is -0.125. The number of nitrogens with one attached hydrogen (secondary N) is 1. The van der Waals surface area contributed by atoms with Crippen molar-refractivity contribution in [1.29, 1.82) is 0 Å². The molecule has 1 N–H and O–H groups in total. The Kier molecular flexibility index (Phi) is 2.26. The van der Waals surface area contributed by atoms with Crippen LogP contribution in [0.5, 0.6) is 0 Å². The summed E-state index contributed by atoms with van der Waals surface area (Å²) in [5.74, 6) is 0.189. The van der Waals surface area contributed by atoms with Gasteiger partial charge in [-0.25, -0.2) is 0 Å². The number of amides is 1. The molecule has 4 heteroatoms. The third-order valence-electron chi connectivity index (χ3n) is 3.51. The molecular weight excluding hydrogens is 216 g/mol. The van der Waals surface area contributed by atoms with Gasteiger partial charge < -0.3 is 10.2 Å². The highest BCUT2D eigenvalue weighted by Gasteiger charge is 2.43. The fourth-order valence-corrected chi connectivity index (χ4v) is 2.45. The van der Waals surface area contributed by atoms with E-state index in [1.54, 1.807) is 24.0 Å². The molecule has 4 rings (SSSR count). The summed E-state index contributed by atoms with van der Waals surface area (Å²) in [7, 11) is 0. The fraction of sp³-hybridized carbons (Fsp3) is 0.385. The topological polar surface area (TPSA) is 49.4 Å². The number of Topliss-reactive ketones (excluding diaryl/α,β-unsaturated/α-hetero) is 1. The van der Waals surface area contributed by atoms with Gasteiger partial charge in [-0.2, -0.15) is 0 Å². The molecule has 3 heterocycles. The van der Waals surface area contributed by atoms with Gasteiger partial charge in [-0.3, -0.25) is 9.59 Å². The van der Waals surface area contributed by atoms with Crippen molar-refractivity contribution >= 4 is 17.4 Å². The molecule has 1 aromatic rings. The first-order valence-electron chi connectivity index (χ1n) is 5.83. The second-order valence-corrected chi connectivity index (χ2v) is 4.70. The van der Waals surface area contributed by atoms with E-state index >= 15 is 0 Å². The molecular formula is C13H14N2O2. The Morgan fingerprint density at radius 3 is 2.53 bits per heavy atom. The molecule has 0 aromatic heterocycles. The largest absolute Gasteiger partial charge is 0.310 e. The summed E-state index contributed by atoms with van der Waals surface area (Å²) in [6.07, 6.45) is 0.959. The minimum absolute atomic E-state index is 0.00114. The summed E-state index contributed by atoms with van der Waals surface area (Å²) in [6.45, 7) is 2.27. The van der Waals surface area contributed by atoms with Gasteiger partial charge in [0.2, 0.25) is 5.91 Å². The van der Waals surface area contributed by atoms with E-state index in [4.69, 9.17) is 0 Å². The van der Waals surface area contributed by atoms with Crippen molar-refractivity contribution in [3.8, 4) is 0 Å². The average molecular weight is 230 g/mol. The summed E-state index contributed by atoms with van der Waals surface area (Å²) in [6, 6.07) is 7.68. The third kappa shape index (κ3) is 1.65. The van der Waals surface area contributed by atoms with Crippen LogP contribution in [0.3, 0.4) is 0 Å². The van der Waals surface area contributed by atoms with E-state index in [9.17, 15) is 9.59 Å². The highest BCUT2D eigenvalue weighted by atomic mass is 16.2. The van der Waals surface area contributed by atoms with E-state index in [0.29, 0.717) is 11.6 Å². The Morgan fingerprint density at radius 2 is 2.00 bits per heavy atom. The molecule has 0 radical (unpaired) electrons. The van der Waals surface area contributed by atoms with Gasteiger partial charge in [-0.1, -0.05) is 0 Å². The first-order valence-corrected chi connectivity index (χ1v) is 5.83. The summed E-state index contributed by atoms with van der Waals surface area (Å²) in [5.41, 5.74) is 1.57. The first-order chi connectivity index (χ1) is 8.15. The molecule has 2 unspecified atom stereocenters. The van der Waals surface area contributed by atoms with Crippen molar-refractivity contribution in [1.82, 2.24) is 5.32 Å². The molecule has 1 aromatic carbocycles. The number of piperazine rings is 1. The van der Waals surface area contributed by atoms with Gasteiger partial charge in [0.25, 0.3) is 0 Å². The van der Waals surface area contributed by atoms with Crippen LogP contribution in [0.15, 0.2) is 24.3 Å². The van der Waals surface area contributed by atoms with E-state index in [2.05, 4.69) is 5.32 Å². The maximum absolute atomic E-state index is 12.0. The van der Waals surface area contributed by atoms with Crippen molar-refractivity contribution in [3.05, 3.63) is 29.8 Å². The number of rotatable bonds is 2. The number of benzene rings is 1. The van der Waals surface area contributed by atoms with Crippen LogP contribution in [-0.2, 0) is 4.79 Å². The average Bonchev–Trinajstić information content (AvgIpc) is 2.28. The van der Waals surface area contributed by atoms with Crippen LogP contribution in [0.25, 0.3) is 0 Å². The lowest BCUT2D eigenvalue weighted by Gasteiger charge is -2.47. The summed E-state index contributed by atoms with van der Waals surface area (Å²) >= 11 is 0. The van der Waals surface area contributed by atoms with Crippen molar-refractivity contribution in [2.45, 2.75) is 25.4 Å². The van der Waals surface area contributed by atoms with Crippen molar-refractivity contribution in [2.75, 3.05) is 11.4 Å². The van der Waals surface area contributed by atoms with Crippen LogP contribution < -0.4 is 10.2 Å². The zero-order valence-corrected chi connectivity index (χ0v) is 9.64. The number of ketones is 1. The SMILES string of the molecule is CC(=O)c1ccc(N2CC3CC(N3)C2=O)cc1. The van der Waals surface area contributed by atoms with Crippen LogP contribution in [0.1, 0.15) is 23.7 Å². The Morgan fingerprint density at radius 1 is 1.35 bits per heavy atom. The number of piperidine rings is 1. The summed E-state index contributed by atoms with van der Waals surface area (Å²) < 4.78 is 0. The van der Waals surface area contributed by atoms with E-state index < -0.39 is 0 Å². The minimum atomic E-state index is 0.00114. The normalized spacial score (nSPS) is 26.6. The molecule has 17 heavy (non-hydrogen) atoms. The van der Waals surface area contributed by atoms with Crippen LogP contribution >= 0.6 is 0 Å². The van der Waals surface area contributed by atoms with Gasteiger partial charge in [0, 0.05) is 23.8 Å². The summed E-state index contributed by atoms with van der Waals surface area (Å²) in [4.78, 5) is 24.9. The molecule has 2 atom stereocenters. The Hall–Kier alpha value is -1.68. The van der Waals surface area contributed by atoms with E-state index in [1.807, 2.05) is 12.1 Å². The Bertz CT molecular complexity index is 475. The molecule has 3 aliphatic heterocycles. The number of nitrogens with zero attached hydrogens (tertiary/aromatic N) is 1. The maximum Gasteiger partial charge on any atom is 0.244 e. The van der Waals surface area contributed by atoms with Gasteiger partial charge in [-0.05, 0) is 37.6 Å². The van der Waals surface area contributed by atoms with Crippen LogP contribution in [0.2, 0.25) is 0 Å². The number of fused-ring (bicyclic) bond motifs is 2. The zero-order valence-electron chi connectivity index (χ0n) is 9.64. The first kappa shape index (κ1) is 10.5. The van der Waals surface area contributed by atoms with Gasteiger partial charge >= 0.3 is 0 Å². The van der Waals surface area contributed by atoms with Crippen LogP contribution in [-0.4, -0.2) is 30.3 Å². The smallest absolute Gasteiger partial charge is 0.244 e. The molecule has 88 valence electrons. The monoisotopic (exact) mass is 230 g/mol. The van der Waals surface area contributed by atoms with Gasteiger partial charge in [0.1, 0.15) is 0 Å². The third-order valence-corrected chi connectivity index (χ3v) is 3.51. The zero-order chi connectivity index (χ0) is 12.0. The van der Waals surface area contributed by atoms with Crippen molar-refractivity contribution in [3.63, 3.8) is 0 Å². The van der Waals surface area contributed by atoms with Crippen LogP contribution in [0.4, 0.5) is 5.69 Å². The number of carbonyl (C=O) groups is 2. The van der Waals surface area contributed by atoms with Gasteiger partial charge in [0.15, 0.2) is 5.78 Å². The molecule has 2 bridgehead atoms. The Labute approximate surface area is 99.6 Å². The number of hydrogen-bond donors (Lipinski definition) is 1. The number of carbonyl (C=O) groups excluding carboxylic acids is 2. The van der Waals surface area contributed by atoms with E-state index in [0.717, 1.165) is 18.7 Å². The second kappa shape index (κ2) is 3.67. The molecule has 3 saturated heterocycles. The highest BCUT2D eigenvalue weighted by Crippen LogP contribution is 2.27. The predicted octanol–water partition coefficient (Wildman–Crippen LogP) is 0.966. The highest BCUT2D eigenvalue weighted by molar-refractivity contribution is 6.00. The molecule has 0 saturated carbocycles. The standard InChI is InChI=1S/C13H14N2O2/c1-8(16)9-2-4-11(5-3-9)15-7-10-6-12(14-10)13(15)17/h2-5,10,12,14H,6-7H2,1H3. The van der Waals surface area contributed by atoms with Crippen LogP contribution in [0, 0.1) is 0 Å². The minimum Gasteiger partial charge on any atom is -0.310 e. The molecule has 3 fully saturated rings. The van der Waals surface area contributed by atoms with Crippen molar-refractivity contribution in [2.24, 2.45) is 0 Å². The van der Waals surface area contributed by atoms with E-state index in [-0.39, 0.29) is 17.7 Å². The molecule has 0 spiro atoms. The number of anilines is 1. The number of hydrogen-bond acceptors (Lipinski definition) is 3. The lowest BCUT2D eigenvalue weighted by atomic mass is 9.90. The second-order valence-electron chi connectivity index (χ2n) is 4.70. The predicted molar refractivity (Wildman–Crippen MR) is 64.1 cm³/mol. The molecule has 0 aliphatic carbocycles. The van der Waals surface area contributed by atoms with Gasteiger partial charge in [0.05, 0.1) is 6.04 Å². The lowest BCUT2D eigenvalue weighted by Crippen LogP contribution is -2.70. The molecule has 4 nitrogen and oxygen atoms in total. The maximum atomic E-state index is 12.0. The molecule has 3 aliphatic rings. The quantitative estimate of drug-likeness (QED) is 0.770. The van der Waals surface area contributed by atoms with E-state index in [1.165, 1.54) is 0 Å². The van der Waals surface area contributed by atoms with Crippen molar-refractivity contribution < 1.29 is 9.59 Å². The molecule has 1 amide bonds. The summed E-state index contributed by atoms with van der Waals surface area (Å²) in [5, 5.41) is 3.21.